The fourth-order valence-electron chi connectivity index (χ4n) is 2.30. The minimum atomic E-state index is -0.741. The first kappa shape index (κ1) is 18.0. The highest BCUT2D eigenvalue weighted by molar-refractivity contribution is 7.14. The number of carbonyl (C=O) groups is 1. The van der Waals surface area contributed by atoms with E-state index in [0.717, 1.165) is 35.1 Å². The summed E-state index contributed by atoms with van der Waals surface area (Å²) in [5.41, 5.74) is 1.33. The number of carbonyl (C=O) groups excluding carboxylic acids is 1. The van der Waals surface area contributed by atoms with Gasteiger partial charge in [0.05, 0.1) is 5.69 Å². The Hall–Kier alpha value is -2.80. The van der Waals surface area contributed by atoms with E-state index in [1.807, 2.05) is 25.1 Å². The van der Waals surface area contributed by atoms with E-state index in [-0.39, 0.29) is 22.3 Å². The summed E-state index contributed by atoms with van der Waals surface area (Å²) >= 11 is 1.13. The lowest BCUT2D eigenvalue weighted by atomic mass is 10.1. The van der Waals surface area contributed by atoms with Gasteiger partial charge in [0, 0.05) is 10.9 Å². The summed E-state index contributed by atoms with van der Waals surface area (Å²) in [6.45, 7) is 3.55. The molecule has 0 bridgehead atoms. The highest BCUT2D eigenvalue weighted by Crippen LogP contribution is 2.27. The number of benzene rings is 2. The topological polar surface area (TPSA) is 51.2 Å². The van der Waals surface area contributed by atoms with E-state index in [4.69, 9.17) is 4.74 Å². The van der Waals surface area contributed by atoms with Gasteiger partial charge in [-0.3, -0.25) is 10.1 Å². The zero-order valence-electron chi connectivity index (χ0n) is 14.1. The van der Waals surface area contributed by atoms with Crippen molar-refractivity contribution in [2.45, 2.75) is 20.0 Å². The number of thiazole rings is 1. The van der Waals surface area contributed by atoms with Gasteiger partial charge >= 0.3 is 0 Å². The molecule has 0 aliphatic heterocycles. The number of ether oxygens (including phenoxy) is 1. The monoisotopic (exact) mass is 374 g/mol. The minimum Gasteiger partial charge on any atom is -0.481 e. The smallest absolute Gasteiger partial charge is 0.266 e. The molecule has 3 rings (SSSR count). The van der Waals surface area contributed by atoms with Crippen LogP contribution in [0.1, 0.15) is 12.5 Å². The number of rotatable bonds is 5. The van der Waals surface area contributed by atoms with Crippen LogP contribution in [-0.4, -0.2) is 17.0 Å². The molecule has 1 atom stereocenters. The lowest BCUT2D eigenvalue weighted by Crippen LogP contribution is -2.30. The highest BCUT2D eigenvalue weighted by Gasteiger charge is 2.17. The van der Waals surface area contributed by atoms with Gasteiger partial charge < -0.3 is 4.74 Å². The highest BCUT2D eigenvalue weighted by atomic mass is 32.1. The molecule has 1 N–H and O–H groups in total. The molecule has 0 fully saturated rings. The summed E-state index contributed by atoms with van der Waals surface area (Å²) in [5, 5.41) is 4.47. The number of amides is 1. The standard InChI is InChI=1S/C19H16F2N2O2S/c1-11-4-3-5-14(8-11)25-12(2)18(24)23-19-22-17(10-26-19)15-9-13(20)6-7-16(15)21/h3-10,12H,1-2H3,(H,22,23,24)/t12-/m0/s1. The van der Waals surface area contributed by atoms with Gasteiger partial charge in [0.15, 0.2) is 11.2 Å². The molecule has 4 nitrogen and oxygen atoms in total. The molecule has 1 amide bonds. The number of aryl methyl sites for hydroxylation is 1. The maximum Gasteiger partial charge on any atom is 0.266 e. The molecule has 0 aliphatic rings. The van der Waals surface area contributed by atoms with Gasteiger partial charge in [0.25, 0.3) is 5.91 Å². The maximum atomic E-state index is 13.8. The zero-order valence-corrected chi connectivity index (χ0v) is 14.9. The van der Waals surface area contributed by atoms with E-state index in [0.29, 0.717) is 5.75 Å². The first-order chi connectivity index (χ1) is 12.4. The van der Waals surface area contributed by atoms with Crippen LogP contribution in [0.25, 0.3) is 11.3 Å². The Bertz CT molecular complexity index is 943. The molecule has 7 heteroatoms. The number of anilines is 1. The number of halogens is 2. The van der Waals surface area contributed by atoms with E-state index in [1.165, 1.54) is 0 Å². The number of hydrogen-bond donors (Lipinski definition) is 1. The van der Waals surface area contributed by atoms with Gasteiger partial charge in [-0.15, -0.1) is 11.3 Å². The van der Waals surface area contributed by atoms with Gasteiger partial charge in [0.2, 0.25) is 0 Å². The Morgan fingerprint density at radius 3 is 2.81 bits per heavy atom. The largest absolute Gasteiger partial charge is 0.481 e. The Kier molecular flexibility index (Phi) is 5.27. The van der Waals surface area contributed by atoms with E-state index < -0.39 is 17.7 Å². The molecule has 26 heavy (non-hydrogen) atoms. The molecule has 0 saturated heterocycles. The van der Waals surface area contributed by atoms with E-state index in [9.17, 15) is 13.6 Å². The van der Waals surface area contributed by atoms with Crippen molar-refractivity contribution in [2.24, 2.45) is 0 Å². The minimum absolute atomic E-state index is 0.0470. The van der Waals surface area contributed by atoms with Crippen LogP contribution >= 0.6 is 11.3 Å². The fraction of sp³-hybridized carbons (Fsp3) is 0.158. The molecule has 0 radical (unpaired) electrons. The summed E-state index contributed by atoms with van der Waals surface area (Å²) in [6, 6.07) is 10.5. The van der Waals surface area contributed by atoms with Crippen molar-refractivity contribution in [1.29, 1.82) is 0 Å². The molecule has 1 heterocycles. The van der Waals surface area contributed by atoms with Gasteiger partial charge in [0.1, 0.15) is 17.4 Å². The quantitative estimate of drug-likeness (QED) is 0.698. The first-order valence-corrected chi connectivity index (χ1v) is 8.75. The summed E-state index contributed by atoms with van der Waals surface area (Å²) in [5.74, 6) is -0.924. The van der Waals surface area contributed by atoms with Crippen molar-refractivity contribution < 1.29 is 18.3 Å². The summed E-state index contributed by atoms with van der Waals surface area (Å²) in [6.07, 6.45) is -0.741. The van der Waals surface area contributed by atoms with E-state index in [2.05, 4.69) is 10.3 Å². The van der Waals surface area contributed by atoms with Crippen molar-refractivity contribution in [2.75, 3.05) is 5.32 Å². The van der Waals surface area contributed by atoms with Crippen LogP contribution in [-0.2, 0) is 4.79 Å². The van der Waals surface area contributed by atoms with Crippen molar-refractivity contribution in [3.05, 3.63) is 65.0 Å². The van der Waals surface area contributed by atoms with Crippen LogP contribution in [0.2, 0.25) is 0 Å². The van der Waals surface area contributed by atoms with Crippen LogP contribution in [0.3, 0.4) is 0 Å². The average Bonchev–Trinajstić information content (AvgIpc) is 3.05. The second kappa shape index (κ2) is 7.61. The average molecular weight is 374 g/mol. The Labute approximate surface area is 153 Å². The summed E-state index contributed by atoms with van der Waals surface area (Å²) in [7, 11) is 0. The van der Waals surface area contributed by atoms with Crippen molar-refractivity contribution in [3.63, 3.8) is 0 Å². The van der Waals surface area contributed by atoms with Crippen molar-refractivity contribution in [1.82, 2.24) is 4.98 Å². The number of nitrogens with zero attached hydrogens (tertiary/aromatic N) is 1. The summed E-state index contributed by atoms with van der Waals surface area (Å²) < 4.78 is 32.7. The van der Waals surface area contributed by atoms with Crippen LogP contribution in [0.15, 0.2) is 47.8 Å². The Morgan fingerprint density at radius 2 is 2.04 bits per heavy atom. The van der Waals surface area contributed by atoms with Crippen LogP contribution in [0.5, 0.6) is 5.75 Å². The van der Waals surface area contributed by atoms with Crippen LogP contribution in [0.4, 0.5) is 13.9 Å². The molecule has 2 aromatic carbocycles. The van der Waals surface area contributed by atoms with Gasteiger partial charge in [-0.2, -0.15) is 0 Å². The number of nitrogens with one attached hydrogen (secondary N) is 1. The number of hydrogen-bond acceptors (Lipinski definition) is 4. The lowest BCUT2D eigenvalue weighted by molar-refractivity contribution is -0.122. The second-order valence-corrected chi connectivity index (χ2v) is 6.59. The fourth-order valence-corrected chi connectivity index (χ4v) is 3.02. The molecule has 0 spiro atoms. The third kappa shape index (κ3) is 4.23. The van der Waals surface area contributed by atoms with Gasteiger partial charge in [-0.05, 0) is 49.7 Å². The Balaban J connectivity index is 1.68. The van der Waals surface area contributed by atoms with Gasteiger partial charge in [-0.25, -0.2) is 13.8 Å². The Morgan fingerprint density at radius 1 is 1.23 bits per heavy atom. The summed E-state index contributed by atoms with van der Waals surface area (Å²) in [4.78, 5) is 16.4. The molecule has 0 aliphatic carbocycles. The normalized spacial score (nSPS) is 11.8. The molecular weight excluding hydrogens is 358 g/mol. The maximum absolute atomic E-state index is 13.8. The van der Waals surface area contributed by atoms with Crippen LogP contribution < -0.4 is 10.1 Å². The third-order valence-corrected chi connectivity index (χ3v) is 4.37. The second-order valence-electron chi connectivity index (χ2n) is 5.73. The van der Waals surface area contributed by atoms with E-state index >= 15 is 0 Å². The van der Waals surface area contributed by atoms with Crippen molar-refractivity contribution >= 4 is 22.4 Å². The molecule has 3 aromatic rings. The first-order valence-electron chi connectivity index (χ1n) is 7.87. The van der Waals surface area contributed by atoms with Crippen LogP contribution in [0, 0.1) is 18.6 Å². The van der Waals surface area contributed by atoms with E-state index in [1.54, 1.807) is 18.4 Å². The van der Waals surface area contributed by atoms with Crippen molar-refractivity contribution in [3.8, 4) is 17.0 Å². The predicted octanol–water partition coefficient (Wildman–Crippen LogP) is 4.80. The van der Waals surface area contributed by atoms with Gasteiger partial charge in [-0.1, -0.05) is 12.1 Å². The SMILES string of the molecule is Cc1cccc(O[C@@H](C)C(=O)Nc2nc(-c3cc(F)ccc3F)cs2)c1. The zero-order chi connectivity index (χ0) is 18.7. The lowest BCUT2D eigenvalue weighted by Gasteiger charge is -2.14. The molecule has 1 aromatic heterocycles. The molecule has 134 valence electrons. The number of aromatic nitrogens is 1. The molecule has 0 unspecified atom stereocenters. The molecule has 0 saturated carbocycles. The molecular formula is C19H16F2N2O2S. The predicted molar refractivity (Wildman–Crippen MR) is 97.4 cm³/mol. The third-order valence-electron chi connectivity index (χ3n) is 3.61.